The number of phenols is 1. The zero-order chi connectivity index (χ0) is 15.2. The maximum atomic E-state index is 12.0. The average Bonchev–Trinajstić information content (AvgIpc) is 2.86. The number of aromatic hydroxyl groups is 1. The second-order valence-electron chi connectivity index (χ2n) is 5.06. The number of carbonyl (C=O) groups excluding carboxylic acids is 2. The number of anilines is 1. The highest BCUT2D eigenvalue weighted by atomic mass is 16.5. The number of rotatable bonds is 6. The van der Waals surface area contributed by atoms with Crippen LogP contribution in [0.1, 0.15) is 12.8 Å². The topological polar surface area (TPSA) is 78.9 Å². The summed E-state index contributed by atoms with van der Waals surface area (Å²) in [6, 6.07) is 6.40. The highest BCUT2D eigenvalue weighted by Gasteiger charge is 2.34. The van der Waals surface area contributed by atoms with E-state index in [1.54, 1.807) is 24.1 Å². The molecule has 0 aromatic heterocycles. The summed E-state index contributed by atoms with van der Waals surface area (Å²) in [5.41, 5.74) is 0.701. The number of amides is 2. The summed E-state index contributed by atoms with van der Waals surface area (Å²) in [5, 5.41) is 12.1. The monoisotopic (exact) mass is 292 g/mol. The Bertz CT molecular complexity index is 501. The number of nitrogens with one attached hydrogen (secondary N) is 1. The largest absolute Gasteiger partial charge is 0.508 e. The van der Waals surface area contributed by atoms with Crippen molar-refractivity contribution in [2.24, 2.45) is 5.92 Å². The van der Waals surface area contributed by atoms with E-state index in [0.29, 0.717) is 25.4 Å². The van der Waals surface area contributed by atoms with Gasteiger partial charge >= 0.3 is 0 Å². The van der Waals surface area contributed by atoms with E-state index < -0.39 is 0 Å². The van der Waals surface area contributed by atoms with Crippen molar-refractivity contribution in [2.45, 2.75) is 12.8 Å². The van der Waals surface area contributed by atoms with Gasteiger partial charge < -0.3 is 20.1 Å². The predicted octanol–water partition coefficient (Wildman–Crippen LogP) is 0.898. The lowest BCUT2D eigenvalue weighted by molar-refractivity contribution is -0.126. The molecule has 1 atom stereocenters. The highest BCUT2D eigenvalue weighted by molar-refractivity contribution is 6.00. The van der Waals surface area contributed by atoms with Gasteiger partial charge in [0.15, 0.2) is 0 Å². The van der Waals surface area contributed by atoms with Crippen LogP contribution < -0.4 is 10.2 Å². The van der Waals surface area contributed by atoms with Crippen LogP contribution in [0.3, 0.4) is 0 Å². The molecule has 1 aromatic carbocycles. The third-order valence-corrected chi connectivity index (χ3v) is 3.48. The molecule has 114 valence electrons. The highest BCUT2D eigenvalue weighted by Crippen LogP contribution is 2.26. The Balaban J connectivity index is 1.90. The molecule has 1 aromatic rings. The summed E-state index contributed by atoms with van der Waals surface area (Å²) in [4.78, 5) is 25.6. The first kappa shape index (κ1) is 15.3. The smallest absolute Gasteiger partial charge is 0.227 e. The number of phenolic OH excluding ortho intramolecular Hbond substituents is 1. The molecule has 0 radical (unpaired) electrons. The third-order valence-electron chi connectivity index (χ3n) is 3.48. The second kappa shape index (κ2) is 7.08. The lowest BCUT2D eigenvalue weighted by Crippen LogP contribution is -2.33. The van der Waals surface area contributed by atoms with Gasteiger partial charge in [-0.1, -0.05) is 0 Å². The van der Waals surface area contributed by atoms with E-state index in [1.165, 1.54) is 12.1 Å². The molecule has 0 aliphatic carbocycles. The summed E-state index contributed by atoms with van der Waals surface area (Å²) in [6.45, 7) is 1.53. The van der Waals surface area contributed by atoms with Crippen LogP contribution >= 0.6 is 0 Å². The Morgan fingerprint density at radius 1 is 1.43 bits per heavy atom. The van der Waals surface area contributed by atoms with Gasteiger partial charge in [-0.2, -0.15) is 0 Å². The third kappa shape index (κ3) is 3.95. The normalized spacial score (nSPS) is 18.0. The number of nitrogens with zero attached hydrogens (tertiary/aromatic N) is 1. The van der Waals surface area contributed by atoms with E-state index in [9.17, 15) is 14.7 Å². The maximum Gasteiger partial charge on any atom is 0.227 e. The number of hydrogen-bond acceptors (Lipinski definition) is 4. The predicted molar refractivity (Wildman–Crippen MR) is 78.1 cm³/mol. The fraction of sp³-hybridized carbons (Fsp3) is 0.467. The number of benzene rings is 1. The van der Waals surface area contributed by atoms with Crippen LogP contribution in [0.25, 0.3) is 0 Å². The molecule has 1 aliphatic rings. The Kier molecular flexibility index (Phi) is 5.16. The molecule has 2 amide bonds. The minimum Gasteiger partial charge on any atom is -0.508 e. The Morgan fingerprint density at radius 2 is 2.14 bits per heavy atom. The summed E-state index contributed by atoms with van der Waals surface area (Å²) in [6.07, 6.45) is 0.974. The number of methoxy groups -OCH3 is 1. The van der Waals surface area contributed by atoms with E-state index in [4.69, 9.17) is 4.74 Å². The number of carbonyl (C=O) groups is 2. The molecule has 1 heterocycles. The average molecular weight is 292 g/mol. The van der Waals surface area contributed by atoms with Crippen molar-refractivity contribution in [1.29, 1.82) is 0 Å². The van der Waals surface area contributed by atoms with E-state index in [-0.39, 0.29) is 29.9 Å². The van der Waals surface area contributed by atoms with Gasteiger partial charge in [0.25, 0.3) is 0 Å². The van der Waals surface area contributed by atoms with E-state index in [0.717, 1.165) is 6.42 Å². The van der Waals surface area contributed by atoms with E-state index in [1.807, 2.05) is 0 Å². The van der Waals surface area contributed by atoms with Gasteiger partial charge in [0.1, 0.15) is 5.75 Å². The van der Waals surface area contributed by atoms with Gasteiger partial charge in [0.2, 0.25) is 11.8 Å². The van der Waals surface area contributed by atoms with Crippen LogP contribution in [0, 0.1) is 5.92 Å². The van der Waals surface area contributed by atoms with Crippen LogP contribution in [0.4, 0.5) is 5.69 Å². The fourth-order valence-corrected chi connectivity index (χ4v) is 2.34. The number of ether oxygens (including phenoxy) is 1. The Labute approximate surface area is 123 Å². The molecule has 2 N–H and O–H groups in total. The molecule has 0 unspecified atom stereocenters. The summed E-state index contributed by atoms with van der Waals surface area (Å²) >= 11 is 0. The minimum absolute atomic E-state index is 0.0715. The first-order valence-corrected chi connectivity index (χ1v) is 6.98. The van der Waals surface area contributed by atoms with Crippen molar-refractivity contribution >= 4 is 17.5 Å². The van der Waals surface area contributed by atoms with Crippen molar-refractivity contribution in [1.82, 2.24) is 5.32 Å². The van der Waals surface area contributed by atoms with Gasteiger partial charge in [0, 0.05) is 38.9 Å². The minimum atomic E-state index is -0.325. The quantitative estimate of drug-likeness (QED) is 0.764. The zero-order valence-corrected chi connectivity index (χ0v) is 12.0. The van der Waals surface area contributed by atoms with Crippen LogP contribution in [0.2, 0.25) is 0 Å². The standard InChI is InChI=1S/C15H20N2O4/c1-21-8-2-7-16-15(20)11-9-14(19)17(10-11)12-3-5-13(18)6-4-12/h3-6,11,18H,2,7-10H2,1H3,(H,16,20)/t11-/m1/s1. The van der Waals surface area contributed by atoms with Crippen LogP contribution in [-0.4, -0.2) is 43.7 Å². The lowest BCUT2D eigenvalue weighted by atomic mass is 10.1. The molecule has 1 aliphatic heterocycles. The summed E-state index contributed by atoms with van der Waals surface area (Å²) < 4.78 is 4.92. The van der Waals surface area contributed by atoms with Crippen molar-refractivity contribution in [3.8, 4) is 5.75 Å². The Hall–Kier alpha value is -2.08. The molecule has 0 saturated carbocycles. The SMILES string of the molecule is COCCCNC(=O)[C@@H]1CC(=O)N(c2ccc(O)cc2)C1. The van der Waals surface area contributed by atoms with Gasteiger partial charge in [-0.05, 0) is 30.7 Å². The van der Waals surface area contributed by atoms with Gasteiger partial charge in [-0.3, -0.25) is 9.59 Å². The Morgan fingerprint density at radius 3 is 2.81 bits per heavy atom. The van der Waals surface area contributed by atoms with Gasteiger partial charge in [0.05, 0.1) is 5.92 Å². The first-order valence-electron chi connectivity index (χ1n) is 6.98. The molecule has 1 fully saturated rings. The van der Waals surface area contributed by atoms with Crippen molar-refractivity contribution < 1.29 is 19.4 Å². The lowest BCUT2D eigenvalue weighted by Gasteiger charge is -2.16. The van der Waals surface area contributed by atoms with Crippen LogP contribution in [0.5, 0.6) is 5.75 Å². The van der Waals surface area contributed by atoms with E-state index >= 15 is 0 Å². The van der Waals surface area contributed by atoms with Crippen molar-refractivity contribution in [2.75, 3.05) is 31.7 Å². The first-order chi connectivity index (χ1) is 10.1. The molecule has 0 spiro atoms. The zero-order valence-electron chi connectivity index (χ0n) is 12.0. The van der Waals surface area contributed by atoms with Crippen LogP contribution in [0.15, 0.2) is 24.3 Å². The molecule has 2 rings (SSSR count). The van der Waals surface area contributed by atoms with Crippen molar-refractivity contribution in [3.05, 3.63) is 24.3 Å². The number of hydrogen-bond donors (Lipinski definition) is 2. The maximum absolute atomic E-state index is 12.0. The molecular formula is C15H20N2O4. The van der Waals surface area contributed by atoms with Gasteiger partial charge in [-0.25, -0.2) is 0 Å². The summed E-state index contributed by atoms with van der Waals surface area (Å²) in [5.74, 6) is -0.342. The molecule has 1 saturated heterocycles. The van der Waals surface area contributed by atoms with Gasteiger partial charge in [-0.15, -0.1) is 0 Å². The molecule has 21 heavy (non-hydrogen) atoms. The molecule has 6 nitrogen and oxygen atoms in total. The molecular weight excluding hydrogens is 272 g/mol. The van der Waals surface area contributed by atoms with Crippen LogP contribution in [-0.2, 0) is 14.3 Å². The fourth-order valence-electron chi connectivity index (χ4n) is 2.34. The second-order valence-corrected chi connectivity index (χ2v) is 5.06. The molecule has 0 bridgehead atoms. The van der Waals surface area contributed by atoms with E-state index in [2.05, 4.69) is 5.32 Å². The van der Waals surface area contributed by atoms with Crippen molar-refractivity contribution in [3.63, 3.8) is 0 Å². The molecule has 6 heteroatoms. The summed E-state index contributed by atoms with van der Waals surface area (Å²) in [7, 11) is 1.62.